The van der Waals surface area contributed by atoms with Gasteiger partial charge in [0.2, 0.25) is 0 Å². The van der Waals surface area contributed by atoms with Crippen molar-refractivity contribution in [1.82, 2.24) is 14.4 Å². The molecule has 3 aliphatic heterocycles. The average Bonchev–Trinajstić information content (AvgIpc) is 3.45. The molecule has 1 aromatic heterocycles. The van der Waals surface area contributed by atoms with Gasteiger partial charge in [-0.1, -0.05) is 31.2 Å². The molecule has 204 valence electrons. The molecule has 2 N–H and O–H groups in total. The molecule has 6 rings (SSSR count). The van der Waals surface area contributed by atoms with E-state index in [1.807, 2.05) is 23.1 Å². The molecule has 4 heterocycles. The summed E-state index contributed by atoms with van der Waals surface area (Å²) >= 11 is 0. The number of carboxylic acid groups (broad SMARTS) is 1. The van der Waals surface area contributed by atoms with E-state index in [1.54, 1.807) is 11.5 Å². The molecule has 0 spiro atoms. The van der Waals surface area contributed by atoms with E-state index in [4.69, 9.17) is 4.74 Å². The number of amides is 1. The highest BCUT2D eigenvalue weighted by molar-refractivity contribution is 6.02. The number of ether oxygens (including phenoxy) is 1. The van der Waals surface area contributed by atoms with Gasteiger partial charge in [0.1, 0.15) is 5.82 Å². The van der Waals surface area contributed by atoms with Crippen molar-refractivity contribution in [2.75, 3.05) is 32.8 Å². The Labute approximate surface area is 226 Å². The number of benzene rings is 2. The Kier molecular flexibility index (Phi) is 6.74. The van der Waals surface area contributed by atoms with Gasteiger partial charge in [0.25, 0.3) is 5.91 Å². The Balaban J connectivity index is 1.42. The lowest BCUT2D eigenvalue weighted by molar-refractivity contribution is 0.0193. The second-order valence-corrected chi connectivity index (χ2v) is 10.8. The minimum Gasteiger partial charge on any atom is -0.478 e. The van der Waals surface area contributed by atoms with Crippen LogP contribution < -0.4 is 0 Å². The van der Waals surface area contributed by atoms with E-state index in [0.717, 1.165) is 18.7 Å². The van der Waals surface area contributed by atoms with Crippen molar-refractivity contribution in [2.24, 2.45) is 0 Å². The van der Waals surface area contributed by atoms with E-state index in [-0.39, 0.29) is 24.1 Å². The van der Waals surface area contributed by atoms with Crippen LogP contribution in [0.3, 0.4) is 0 Å². The van der Waals surface area contributed by atoms with Crippen molar-refractivity contribution >= 4 is 11.9 Å². The van der Waals surface area contributed by atoms with E-state index in [9.17, 15) is 24.2 Å². The Morgan fingerprint density at radius 2 is 1.79 bits per heavy atom. The summed E-state index contributed by atoms with van der Waals surface area (Å²) in [7, 11) is 0. The highest BCUT2D eigenvalue weighted by Gasteiger charge is 2.37. The number of rotatable bonds is 5. The number of hydrogen-bond acceptors (Lipinski definition) is 5. The summed E-state index contributed by atoms with van der Waals surface area (Å²) < 4.78 is 21.9. The van der Waals surface area contributed by atoms with E-state index >= 15 is 0 Å². The van der Waals surface area contributed by atoms with Crippen molar-refractivity contribution in [3.05, 3.63) is 82.3 Å². The maximum atomic E-state index is 14.7. The smallest absolute Gasteiger partial charge is 0.337 e. The van der Waals surface area contributed by atoms with Gasteiger partial charge in [-0.25, -0.2) is 9.18 Å². The molecule has 1 amide bonds. The number of carbonyl (C=O) groups is 2. The van der Waals surface area contributed by atoms with Gasteiger partial charge >= 0.3 is 5.97 Å². The fourth-order valence-corrected chi connectivity index (χ4v) is 6.31. The lowest BCUT2D eigenvalue weighted by atomic mass is 9.92. The highest BCUT2D eigenvalue weighted by Crippen LogP contribution is 2.39. The van der Waals surface area contributed by atoms with Crippen LogP contribution in [0.4, 0.5) is 4.39 Å². The molecule has 0 aliphatic carbocycles. The van der Waals surface area contributed by atoms with Gasteiger partial charge in [-0.2, -0.15) is 0 Å². The Morgan fingerprint density at radius 1 is 1.05 bits per heavy atom. The first kappa shape index (κ1) is 25.7. The SMILES string of the molecule is CC1c2c(C(=O)O)cc(-c3cc(F)ccc3C(=O)N3Cc4ccccc4C[C@H]3CN3CCOCC3)n2C[C@@H]1O. The number of aliphatic hydroxyl groups excluding tert-OH is 1. The molecule has 0 radical (unpaired) electrons. The summed E-state index contributed by atoms with van der Waals surface area (Å²) in [5.74, 6) is -2.26. The third-order valence-electron chi connectivity index (χ3n) is 8.42. The molecular formula is C30H32FN3O5. The summed E-state index contributed by atoms with van der Waals surface area (Å²) in [5, 5.41) is 20.4. The zero-order valence-electron chi connectivity index (χ0n) is 21.8. The van der Waals surface area contributed by atoms with Crippen LogP contribution in [0.15, 0.2) is 48.5 Å². The lowest BCUT2D eigenvalue weighted by Crippen LogP contribution is -2.52. The van der Waals surface area contributed by atoms with E-state index in [1.165, 1.54) is 29.8 Å². The first-order chi connectivity index (χ1) is 18.8. The minimum absolute atomic E-state index is 0.0637. The van der Waals surface area contributed by atoms with Crippen LogP contribution in [-0.2, 0) is 24.2 Å². The van der Waals surface area contributed by atoms with Crippen molar-refractivity contribution in [3.63, 3.8) is 0 Å². The molecule has 1 saturated heterocycles. The monoisotopic (exact) mass is 533 g/mol. The maximum absolute atomic E-state index is 14.7. The fraction of sp³-hybridized carbons (Fsp3) is 0.400. The number of aromatic nitrogens is 1. The van der Waals surface area contributed by atoms with Gasteiger partial charge in [-0.15, -0.1) is 0 Å². The number of aromatic carboxylic acids is 1. The Hall–Kier alpha value is -3.53. The van der Waals surface area contributed by atoms with Crippen LogP contribution in [0, 0.1) is 5.82 Å². The molecule has 8 nitrogen and oxygen atoms in total. The number of carbonyl (C=O) groups excluding carboxylic acids is 1. The number of hydrogen-bond donors (Lipinski definition) is 2. The van der Waals surface area contributed by atoms with Gasteiger partial charge in [0.15, 0.2) is 0 Å². The molecule has 1 fully saturated rings. The van der Waals surface area contributed by atoms with Crippen molar-refractivity contribution in [1.29, 1.82) is 0 Å². The molecule has 39 heavy (non-hydrogen) atoms. The van der Waals surface area contributed by atoms with Gasteiger partial charge in [0.05, 0.1) is 30.6 Å². The number of morpholine rings is 1. The quantitative estimate of drug-likeness (QED) is 0.522. The Morgan fingerprint density at radius 3 is 2.54 bits per heavy atom. The van der Waals surface area contributed by atoms with Crippen molar-refractivity contribution in [2.45, 2.75) is 44.5 Å². The number of nitrogens with zero attached hydrogens (tertiary/aromatic N) is 3. The summed E-state index contributed by atoms with van der Waals surface area (Å²) in [6.45, 7) is 6.02. The fourth-order valence-electron chi connectivity index (χ4n) is 6.31. The number of fused-ring (bicyclic) bond motifs is 2. The lowest BCUT2D eigenvalue weighted by Gasteiger charge is -2.40. The standard InChI is InChI=1S/C30H32FN3O5/c1-18-27(35)17-34-26(14-25(28(18)34)30(37)38)24-13-21(31)6-7-23(24)29(36)33-15-20-5-3-2-4-19(20)12-22(33)16-32-8-10-39-11-9-32/h2-7,13-14,18,22,27,35H,8-12,15-17H2,1H3,(H,37,38)/t18?,22-,27-/m0/s1. The summed E-state index contributed by atoms with van der Waals surface area (Å²) in [6.07, 6.45) is -0.0503. The van der Waals surface area contributed by atoms with Crippen LogP contribution >= 0.6 is 0 Å². The normalized spacial score (nSPS) is 22.9. The van der Waals surface area contributed by atoms with Gasteiger partial charge in [-0.3, -0.25) is 9.69 Å². The maximum Gasteiger partial charge on any atom is 0.337 e. The molecule has 0 saturated carbocycles. The van der Waals surface area contributed by atoms with Gasteiger partial charge < -0.3 is 24.4 Å². The van der Waals surface area contributed by atoms with Crippen LogP contribution in [0.25, 0.3) is 11.3 Å². The predicted molar refractivity (Wildman–Crippen MR) is 142 cm³/mol. The molecule has 3 atom stereocenters. The Bertz CT molecular complexity index is 1430. The zero-order valence-corrected chi connectivity index (χ0v) is 21.8. The molecule has 9 heteroatoms. The van der Waals surface area contributed by atoms with Crippen molar-refractivity contribution in [3.8, 4) is 11.3 Å². The third-order valence-corrected chi connectivity index (χ3v) is 8.42. The van der Waals surface area contributed by atoms with Crippen LogP contribution in [0.2, 0.25) is 0 Å². The van der Waals surface area contributed by atoms with Crippen LogP contribution in [-0.4, -0.2) is 81.5 Å². The molecule has 3 aliphatic rings. The number of aliphatic hydroxyl groups is 1. The summed E-state index contributed by atoms with van der Waals surface area (Å²) in [5.41, 5.74) is 3.93. The average molecular weight is 534 g/mol. The zero-order chi connectivity index (χ0) is 27.3. The summed E-state index contributed by atoms with van der Waals surface area (Å²) in [6, 6.07) is 13.6. The van der Waals surface area contributed by atoms with Crippen molar-refractivity contribution < 1.29 is 28.9 Å². The largest absolute Gasteiger partial charge is 0.478 e. The second-order valence-electron chi connectivity index (χ2n) is 10.8. The highest BCUT2D eigenvalue weighted by atomic mass is 19.1. The number of halogens is 1. The van der Waals surface area contributed by atoms with Gasteiger partial charge in [-0.05, 0) is 41.8 Å². The third kappa shape index (κ3) is 4.64. The minimum atomic E-state index is -1.12. The van der Waals surface area contributed by atoms with Crippen LogP contribution in [0.1, 0.15) is 50.4 Å². The molecule has 0 bridgehead atoms. The predicted octanol–water partition coefficient (Wildman–Crippen LogP) is 3.37. The van der Waals surface area contributed by atoms with E-state index < -0.39 is 23.8 Å². The summed E-state index contributed by atoms with van der Waals surface area (Å²) in [4.78, 5) is 30.6. The second kappa shape index (κ2) is 10.2. The van der Waals surface area contributed by atoms with Crippen LogP contribution in [0.5, 0.6) is 0 Å². The topological polar surface area (TPSA) is 95.2 Å². The van der Waals surface area contributed by atoms with Gasteiger partial charge in [0, 0.05) is 61.5 Å². The molecular weight excluding hydrogens is 501 g/mol. The molecule has 2 aromatic carbocycles. The first-order valence-corrected chi connectivity index (χ1v) is 13.4. The first-order valence-electron chi connectivity index (χ1n) is 13.4. The molecule has 3 aromatic rings. The molecule has 1 unspecified atom stereocenters. The van der Waals surface area contributed by atoms with E-state index in [0.29, 0.717) is 55.2 Å². The van der Waals surface area contributed by atoms with E-state index in [2.05, 4.69) is 11.0 Å². The number of carboxylic acids is 1.